The highest BCUT2D eigenvalue weighted by molar-refractivity contribution is 5.97. The van der Waals surface area contributed by atoms with Crippen LogP contribution in [0.4, 0.5) is 4.79 Å². The summed E-state index contributed by atoms with van der Waals surface area (Å²) in [5.41, 5.74) is 0.719. The number of carbonyl (C=O) groups excluding carboxylic acids is 4. The summed E-state index contributed by atoms with van der Waals surface area (Å²) in [7, 11) is 0. The first-order valence-electron chi connectivity index (χ1n) is 14.8. The molecule has 0 aliphatic carbocycles. The number of benzene rings is 1. The van der Waals surface area contributed by atoms with Crippen molar-refractivity contribution < 1.29 is 33.4 Å². The van der Waals surface area contributed by atoms with Crippen LogP contribution < -0.4 is 10.0 Å². The summed E-state index contributed by atoms with van der Waals surface area (Å²) in [6.45, 7) is 8.20. The molecule has 0 spiro atoms. The normalized spacial score (nSPS) is 14.0. The molecule has 3 amide bonds. The van der Waals surface area contributed by atoms with Gasteiger partial charge in [0, 0.05) is 44.2 Å². The van der Waals surface area contributed by atoms with Crippen molar-refractivity contribution in [2.24, 2.45) is 0 Å². The van der Waals surface area contributed by atoms with E-state index in [0.717, 1.165) is 0 Å². The van der Waals surface area contributed by atoms with Crippen LogP contribution in [-0.2, 0) is 19.1 Å². The van der Waals surface area contributed by atoms with Gasteiger partial charge >= 0.3 is 12.1 Å². The molecule has 13 heteroatoms. The highest BCUT2D eigenvalue weighted by Crippen LogP contribution is 2.22. The number of hydrogen-bond donors (Lipinski definition) is 1. The average Bonchev–Trinajstić information content (AvgIpc) is 3.02. The third-order valence-electron chi connectivity index (χ3n) is 6.84. The highest BCUT2D eigenvalue weighted by Gasteiger charge is 2.32. The Bertz CT molecular complexity index is 1520. The second-order valence-corrected chi connectivity index (χ2v) is 11.4. The van der Waals surface area contributed by atoms with E-state index in [9.17, 15) is 24.4 Å². The van der Waals surface area contributed by atoms with Gasteiger partial charge in [0.05, 0.1) is 17.9 Å². The van der Waals surface area contributed by atoms with E-state index < -0.39 is 35.5 Å². The molecule has 1 saturated heterocycles. The van der Waals surface area contributed by atoms with Crippen LogP contribution in [0.3, 0.4) is 0 Å². The number of pyridine rings is 1. The molecule has 3 aromatic rings. The van der Waals surface area contributed by atoms with Crippen LogP contribution in [0.5, 0.6) is 0 Å². The van der Waals surface area contributed by atoms with Crippen molar-refractivity contribution in [3.63, 3.8) is 0 Å². The van der Waals surface area contributed by atoms with Gasteiger partial charge in [-0.05, 0) is 46.2 Å². The van der Waals surface area contributed by atoms with Crippen LogP contribution >= 0.6 is 0 Å². The number of ether oxygens (including phenoxy) is 2. The van der Waals surface area contributed by atoms with Crippen LogP contribution in [0.1, 0.15) is 51.0 Å². The second-order valence-electron chi connectivity index (χ2n) is 11.4. The maximum atomic E-state index is 13.7. The molecular formula is C32H38N6O7. The van der Waals surface area contributed by atoms with Crippen LogP contribution in [0.15, 0.2) is 60.9 Å². The first kappa shape index (κ1) is 32.8. The molecule has 1 atom stereocenters. The minimum Gasteiger partial charge on any atom is -0.619 e. The Balaban J connectivity index is 1.60. The van der Waals surface area contributed by atoms with Crippen molar-refractivity contribution >= 4 is 23.9 Å². The van der Waals surface area contributed by atoms with Crippen molar-refractivity contribution in [1.82, 2.24) is 25.1 Å². The molecular weight excluding hydrogens is 580 g/mol. The van der Waals surface area contributed by atoms with Gasteiger partial charge in [-0.15, -0.1) is 0 Å². The average molecular weight is 619 g/mol. The number of carbonyl (C=O) groups is 4. The minimum atomic E-state index is -1.08. The quantitative estimate of drug-likeness (QED) is 0.216. The summed E-state index contributed by atoms with van der Waals surface area (Å²) >= 11 is 0. The van der Waals surface area contributed by atoms with E-state index in [1.54, 1.807) is 56.9 Å². The van der Waals surface area contributed by atoms with E-state index in [1.165, 1.54) is 23.4 Å². The van der Waals surface area contributed by atoms with Gasteiger partial charge in [0.15, 0.2) is 18.2 Å². The predicted molar refractivity (Wildman–Crippen MR) is 163 cm³/mol. The van der Waals surface area contributed by atoms with Crippen LogP contribution in [0.25, 0.3) is 22.6 Å². The number of amides is 3. The smallest absolute Gasteiger partial charge is 0.409 e. The number of nitrogens with one attached hydrogen (secondary N) is 1. The van der Waals surface area contributed by atoms with Gasteiger partial charge in [0.25, 0.3) is 5.91 Å². The number of rotatable bonds is 9. The lowest BCUT2D eigenvalue weighted by molar-refractivity contribution is -0.604. The predicted octanol–water partition coefficient (Wildman–Crippen LogP) is 2.97. The molecule has 13 nitrogen and oxygen atoms in total. The zero-order valence-corrected chi connectivity index (χ0v) is 25.9. The number of nitrogens with zero attached hydrogens (tertiary/aromatic N) is 5. The standard InChI is InChI=1S/C32H38N6O7/c1-5-44-31(42)37-18-16-36(17-19-37)30(41)24(13-14-27(39)45-32(2,3)4)35-29(40)26-20-25(23-12-9-15-38(43)21-23)33-28(34-26)22-10-7-6-8-11-22/h6-12,15,20-21,24H,5,13-14,16-19H2,1-4H3,(H,35,40)/t24-/m0/s1. The fraction of sp³-hybridized carbons (Fsp3) is 0.406. The van der Waals surface area contributed by atoms with E-state index in [-0.39, 0.29) is 57.1 Å². The summed E-state index contributed by atoms with van der Waals surface area (Å²) in [4.78, 5) is 64.3. The summed E-state index contributed by atoms with van der Waals surface area (Å²) in [5.74, 6) is -1.31. The molecule has 1 N–H and O–H groups in total. The third-order valence-corrected chi connectivity index (χ3v) is 6.84. The second kappa shape index (κ2) is 14.6. The number of piperazine rings is 1. The number of aromatic nitrogens is 3. The molecule has 1 fully saturated rings. The monoisotopic (exact) mass is 618 g/mol. The summed E-state index contributed by atoms with van der Waals surface area (Å²) in [6, 6.07) is 12.7. The van der Waals surface area contributed by atoms with Crippen molar-refractivity contribution in [1.29, 1.82) is 0 Å². The van der Waals surface area contributed by atoms with Crippen molar-refractivity contribution in [2.45, 2.75) is 52.2 Å². The zero-order chi connectivity index (χ0) is 32.6. The SMILES string of the molecule is CCOC(=O)N1CCN(C(=O)[C@H](CCC(=O)OC(C)(C)C)NC(=O)c2cc(-c3ccc[n+]([O-])c3)nc(-c3ccccc3)n2)CC1. The molecule has 0 unspecified atom stereocenters. The number of esters is 1. The Kier molecular flexibility index (Phi) is 10.7. The van der Waals surface area contributed by atoms with Gasteiger partial charge in [-0.2, -0.15) is 4.73 Å². The molecule has 45 heavy (non-hydrogen) atoms. The van der Waals surface area contributed by atoms with E-state index in [1.807, 2.05) is 18.2 Å². The lowest BCUT2D eigenvalue weighted by atomic mass is 10.1. The molecule has 1 aromatic carbocycles. The topological polar surface area (TPSA) is 158 Å². The van der Waals surface area contributed by atoms with Crippen molar-refractivity contribution in [3.05, 3.63) is 71.8 Å². The van der Waals surface area contributed by atoms with Gasteiger partial charge in [0.2, 0.25) is 5.91 Å². The molecule has 1 aliphatic rings. The highest BCUT2D eigenvalue weighted by atomic mass is 16.6. The fourth-order valence-electron chi connectivity index (χ4n) is 4.72. The number of hydrogen-bond acceptors (Lipinski definition) is 9. The van der Waals surface area contributed by atoms with Crippen molar-refractivity contribution in [3.8, 4) is 22.6 Å². The molecule has 3 heterocycles. The first-order chi connectivity index (χ1) is 21.4. The van der Waals surface area contributed by atoms with Crippen LogP contribution in [0.2, 0.25) is 0 Å². The Morgan fingerprint density at radius 2 is 1.64 bits per heavy atom. The van der Waals surface area contributed by atoms with E-state index in [2.05, 4.69) is 15.3 Å². The zero-order valence-electron chi connectivity index (χ0n) is 25.9. The summed E-state index contributed by atoms with van der Waals surface area (Å²) in [5, 5.41) is 14.8. The first-order valence-corrected chi connectivity index (χ1v) is 14.8. The fourth-order valence-corrected chi connectivity index (χ4v) is 4.72. The molecule has 2 aromatic heterocycles. The molecule has 0 radical (unpaired) electrons. The summed E-state index contributed by atoms with van der Waals surface area (Å²) < 4.78 is 11.1. The Morgan fingerprint density at radius 3 is 2.29 bits per heavy atom. The largest absolute Gasteiger partial charge is 0.619 e. The molecule has 1 aliphatic heterocycles. The molecule has 0 bridgehead atoms. The van der Waals surface area contributed by atoms with Crippen LogP contribution in [-0.4, -0.2) is 88.1 Å². The molecule has 0 saturated carbocycles. The van der Waals surface area contributed by atoms with E-state index >= 15 is 0 Å². The Morgan fingerprint density at radius 1 is 0.978 bits per heavy atom. The lowest BCUT2D eigenvalue weighted by Crippen LogP contribution is -2.56. The van der Waals surface area contributed by atoms with Gasteiger partial charge in [-0.25, -0.2) is 14.8 Å². The van der Waals surface area contributed by atoms with Crippen LogP contribution in [0, 0.1) is 5.21 Å². The van der Waals surface area contributed by atoms with Gasteiger partial charge < -0.3 is 29.8 Å². The molecule has 4 rings (SSSR count). The maximum Gasteiger partial charge on any atom is 0.409 e. The molecule has 238 valence electrons. The summed E-state index contributed by atoms with van der Waals surface area (Å²) in [6.07, 6.45) is 2.09. The third kappa shape index (κ3) is 9.21. The van der Waals surface area contributed by atoms with E-state index in [4.69, 9.17) is 9.47 Å². The lowest BCUT2D eigenvalue weighted by Gasteiger charge is -2.36. The Labute approximate surface area is 261 Å². The minimum absolute atomic E-state index is 0.0179. The van der Waals surface area contributed by atoms with Gasteiger partial charge in [0.1, 0.15) is 17.3 Å². The van der Waals surface area contributed by atoms with Crippen molar-refractivity contribution in [2.75, 3.05) is 32.8 Å². The van der Waals surface area contributed by atoms with E-state index in [0.29, 0.717) is 21.6 Å². The van der Waals surface area contributed by atoms with Gasteiger partial charge in [-0.3, -0.25) is 14.4 Å². The van der Waals surface area contributed by atoms with Gasteiger partial charge in [-0.1, -0.05) is 30.3 Å². The Hall–Kier alpha value is -5.07. The maximum absolute atomic E-state index is 13.7.